The Kier molecular flexibility index (Phi) is 2.31. The van der Waals surface area contributed by atoms with Gasteiger partial charge in [0.05, 0.1) is 0 Å². The first-order chi connectivity index (χ1) is 4.88. The molecule has 1 heterocycles. The zero-order chi connectivity index (χ0) is 7.40. The summed E-state index contributed by atoms with van der Waals surface area (Å²) < 4.78 is 2.00. The van der Waals surface area contributed by atoms with Crippen molar-refractivity contribution in [1.82, 2.24) is 9.66 Å². The summed E-state index contributed by atoms with van der Waals surface area (Å²) in [5.41, 5.74) is 0. The quantitative estimate of drug-likeness (QED) is 0.619. The second-order valence-corrected chi connectivity index (χ2v) is 2.08. The first kappa shape index (κ1) is 7.12. The molecule has 3 nitrogen and oxygen atoms in total. The van der Waals surface area contributed by atoms with Gasteiger partial charge in [0.25, 0.3) is 0 Å². The summed E-state index contributed by atoms with van der Waals surface area (Å²) in [6.07, 6.45) is 5.55. The maximum absolute atomic E-state index is 3.96. The van der Waals surface area contributed by atoms with Crippen LogP contribution in [-0.2, 0) is 0 Å². The molecule has 56 valence electrons. The normalized spacial score (nSPS) is 9.80. The monoisotopic (exact) mass is 139 g/mol. The third kappa shape index (κ3) is 1.29. The molecule has 0 unspecified atom stereocenters. The molecule has 0 aliphatic rings. The maximum Gasteiger partial charge on any atom is 0.114 e. The molecular weight excluding hydrogens is 126 g/mol. The summed E-state index contributed by atoms with van der Waals surface area (Å²) in [5.74, 6) is 0. The van der Waals surface area contributed by atoms with Crippen molar-refractivity contribution >= 4 is 0 Å². The average Bonchev–Trinajstić information content (AvgIpc) is 2.43. The van der Waals surface area contributed by atoms with Gasteiger partial charge in [-0.1, -0.05) is 0 Å². The van der Waals surface area contributed by atoms with Crippen LogP contribution in [0.15, 0.2) is 18.7 Å². The number of nitrogens with zero attached hydrogens (tertiary/aromatic N) is 3. The molecule has 0 saturated carbocycles. The van der Waals surface area contributed by atoms with Gasteiger partial charge in [-0.25, -0.2) is 4.98 Å². The minimum atomic E-state index is 1.02. The zero-order valence-electron chi connectivity index (χ0n) is 6.49. The lowest BCUT2D eigenvalue weighted by atomic mass is 10.6. The summed E-state index contributed by atoms with van der Waals surface area (Å²) in [5, 5.41) is 2.19. The molecule has 0 N–H and O–H groups in total. The summed E-state index contributed by atoms with van der Waals surface area (Å²) in [7, 11) is 0. The second kappa shape index (κ2) is 3.25. The highest BCUT2D eigenvalue weighted by Gasteiger charge is 1.95. The van der Waals surface area contributed by atoms with Gasteiger partial charge in [0.2, 0.25) is 0 Å². The van der Waals surface area contributed by atoms with Crippen molar-refractivity contribution in [2.75, 3.05) is 18.1 Å². The van der Waals surface area contributed by atoms with E-state index in [0.29, 0.717) is 0 Å². The van der Waals surface area contributed by atoms with Crippen molar-refractivity contribution in [3.8, 4) is 0 Å². The molecule has 1 aromatic heterocycles. The molecule has 1 rings (SSSR count). The summed E-state index contributed by atoms with van der Waals surface area (Å²) in [4.78, 5) is 3.96. The molecule has 0 atom stereocenters. The first-order valence-electron chi connectivity index (χ1n) is 3.61. The average molecular weight is 139 g/mol. The van der Waals surface area contributed by atoms with Crippen LogP contribution < -0.4 is 5.01 Å². The minimum Gasteiger partial charge on any atom is -0.312 e. The molecule has 10 heavy (non-hydrogen) atoms. The van der Waals surface area contributed by atoms with E-state index < -0.39 is 0 Å². The van der Waals surface area contributed by atoms with Crippen LogP contribution >= 0.6 is 0 Å². The highest BCUT2D eigenvalue weighted by atomic mass is 15.5. The van der Waals surface area contributed by atoms with Gasteiger partial charge in [0, 0.05) is 25.5 Å². The molecule has 0 fully saturated rings. The largest absolute Gasteiger partial charge is 0.312 e. The zero-order valence-corrected chi connectivity index (χ0v) is 6.49. The van der Waals surface area contributed by atoms with Crippen LogP contribution in [0.25, 0.3) is 0 Å². The van der Waals surface area contributed by atoms with Crippen LogP contribution in [0.5, 0.6) is 0 Å². The van der Waals surface area contributed by atoms with Crippen LogP contribution in [0.4, 0.5) is 0 Å². The van der Waals surface area contributed by atoms with E-state index in [2.05, 4.69) is 23.8 Å². The molecule has 3 heteroatoms. The van der Waals surface area contributed by atoms with Gasteiger partial charge in [-0.05, 0) is 13.8 Å². The predicted octanol–water partition coefficient (Wildman–Crippen LogP) is 0.861. The fourth-order valence-electron chi connectivity index (χ4n) is 0.970. The minimum absolute atomic E-state index is 1.02. The highest BCUT2D eigenvalue weighted by molar-refractivity contribution is 4.86. The van der Waals surface area contributed by atoms with Crippen molar-refractivity contribution in [2.45, 2.75) is 13.8 Å². The molecule has 0 aromatic carbocycles. The van der Waals surface area contributed by atoms with Crippen molar-refractivity contribution in [3.63, 3.8) is 0 Å². The first-order valence-corrected chi connectivity index (χ1v) is 3.61. The lowest BCUT2D eigenvalue weighted by Gasteiger charge is -2.20. The Bertz CT molecular complexity index is 165. The van der Waals surface area contributed by atoms with Gasteiger partial charge < -0.3 is 5.01 Å². The highest BCUT2D eigenvalue weighted by Crippen LogP contribution is 1.88. The molecule has 0 bridgehead atoms. The van der Waals surface area contributed by atoms with Crippen LogP contribution in [0, 0.1) is 0 Å². The molecule has 0 radical (unpaired) electrons. The van der Waals surface area contributed by atoms with Crippen molar-refractivity contribution in [2.24, 2.45) is 0 Å². The molecule has 0 saturated heterocycles. The Labute approximate surface area is 61.3 Å². The fourth-order valence-corrected chi connectivity index (χ4v) is 0.970. The van der Waals surface area contributed by atoms with Crippen LogP contribution in [0.1, 0.15) is 13.8 Å². The third-order valence-electron chi connectivity index (χ3n) is 1.55. The summed E-state index contributed by atoms with van der Waals surface area (Å²) >= 11 is 0. The van der Waals surface area contributed by atoms with E-state index in [9.17, 15) is 0 Å². The SMILES string of the molecule is CCN(CC)n1ccnc1. The van der Waals surface area contributed by atoms with E-state index >= 15 is 0 Å². The van der Waals surface area contributed by atoms with E-state index in [0.717, 1.165) is 13.1 Å². The van der Waals surface area contributed by atoms with Crippen LogP contribution in [0.3, 0.4) is 0 Å². The second-order valence-electron chi connectivity index (χ2n) is 2.08. The molecule has 0 aliphatic carbocycles. The predicted molar refractivity (Wildman–Crippen MR) is 41.5 cm³/mol. The number of rotatable bonds is 3. The van der Waals surface area contributed by atoms with Gasteiger partial charge in [-0.15, -0.1) is 0 Å². The Morgan fingerprint density at radius 3 is 2.50 bits per heavy atom. The van der Waals surface area contributed by atoms with Gasteiger partial charge in [0.1, 0.15) is 6.33 Å². The Morgan fingerprint density at radius 2 is 2.10 bits per heavy atom. The Balaban J connectivity index is 2.64. The molecule has 1 aromatic rings. The molecule has 0 amide bonds. The van der Waals surface area contributed by atoms with E-state index in [-0.39, 0.29) is 0 Å². The third-order valence-corrected chi connectivity index (χ3v) is 1.55. The van der Waals surface area contributed by atoms with E-state index in [1.807, 2.05) is 17.2 Å². The Hall–Kier alpha value is -0.990. The van der Waals surface area contributed by atoms with Crippen molar-refractivity contribution in [3.05, 3.63) is 18.7 Å². The van der Waals surface area contributed by atoms with Gasteiger partial charge >= 0.3 is 0 Å². The summed E-state index contributed by atoms with van der Waals surface area (Å²) in [6, 6.07) is 0. The Morgan fingerprint density at radius 1 is 1.40 bits per heavy atom. The number of imidazole rings is 1. The topological polar surface area (TPSA) is 21.1 Å². The van der Waals surface area contributed by atoms with E-state index in [1.54, 1.807) is 6.20 Å². The fraction of sp³-hybridized carbons (Fsp3) is 0.571. The van der Waals surface area contributed by atoms with E-state index in [1.165, 1.54) is 0 Å². The van der Waals surface area contributed by atoms with Crippen molar-refractivity contribution in [1.29, 1.82) is 0 Å². The maximum atomic E-state index is 3.96. The molecule has 0 spiro atoms. The van der Waals surface area contributed by atoms with Crippen LogP contribution in [-0.4, -0.2) is 22.7 Å². The van der Waals surface area contributed by atoms with Gasteiger partial charge in [0.15, 0.2) is 0 Å². The lowest BCUT2D eigenvalue weighted by Crippen LogP contribution is -2.32. The van der Waals surface area contributed by atoms with Gasteiger partial charge in [-0.2, -0.15) is 0 Å². The standard InChI is InChI=1S/C7H13N3/c1-3-9(4-2)10-6-5-8-7-10/h5-7H,3-4H2,1-2H3. The van der Waals surface area contributed by atoms with Gasteiger partial charge in [-0.3, -0.25) is 4.68 Å². The number of hydrogen-bond donors (Lipinski definition) is 0. The smallest absolute Gasteiger partial charge is 0.114 e. The molecule has 0 aliphatic heterocycles. The van der Waals surface area contributed by atoms with Crippen molar-refractivity contribution < 1.29 is 0 Å². The van der Waals surface area contributed by atoms with Crippen LogP contribution in [0.2, 0.25) is 0 Å². The number of hydrogen-bond acceptors (Lipinski definition) is 2. The molecular formula is C7H13N3. The number of aromatic nitrogens is 2. The lowest BCUT2D eigenvalue weighted by molar-refractivity contribution is 0.619. The summed E-state index contributed by atoms with van der Waals surface area (Å²) in [6.45, 7) is 6.30. The van der Waals surface area contributed by atoms with E-state index in [4.69, 9.17) is 0 Å².